The smallest absolute Gasteiger partial charge is 0.326 e. The van der Waals surface area contributed by atoms with Crippen LogP contribution in [0.1, 0.15) is 178 Å². The van der Waals surface area contributed by atoms with Gasteiger partial charge in [0, 0.05) is 38.8 Å². The molecule has 41 heteroatoms. The fraction of sp³-hybridized carbons (Fsp3) is 0.608. The van der Waals surface area contributed by atoms with Crippen LogP contribution in [0, 0.1) is 29.1 Å². The molecule has 1 fully saturated rings. The van der Waals surface area contributed by atoms with Gasteiger partial charge in [0.15, 0.2) is 5.96 Å². The third-order valence-electron chi connectivity index (χ3n) is 19.9. The van der Waals surface area contributed by atoms with E-state index in [0.717, 1.165) is 11.8 Å². The number of hydrogen-bond donors (Lipinski definition) is 22. The largest absolute Gasteiger partial charge is 0.508 e. The molecule has 26 N–H and O–H groups in total. The number of likely N-dealkylation sites (tertiary alicyclic amines) is 1. The summed E-state index contributed by atoms with van der Waals surface area (Å²) in [6.07, 6.45) is -2.81. The molecule has 1 saturated heterocycles. The number of carbonyl (C=O) groups is 18. The Morgan fingerprint density at radius 1 is 0.450 bits per heavy atom. The lowest BCUT2D eigenvalue weighted by molar-refractivity contribution is -0.145. The van der Waals surface area contributed by atoms with Crippen molar-refractivity contribution in [2.75, 3.05) is 13.1 Å². The molecule has 0 unspecified atom stereocenters. The summed E-state index contributed by atoms with van der Waals surface area (Å²) in [6.45, 7) is 19.0. The van der Waals surface area contributed by atoms with Crippen molar-refractivity contribution in [2.45, 2.75) is 270 Å². The van der Waals surface area contributed by atoms with Crippen LogP contribution in [0.25, 0.3) is 0 Å². The molecule has 0 bridgehead atoms. The number of phenols is 1. The standard InChI is InChI=1S/C79H124N20O21/c1-13-41(7)62(97-64(105)43(9)80)76(117)88-46(12)67(108)92-55(37-48-24-26-49(100)27-25-48)72(113)95-56(36-47-20-16-15-17-21-47)74(115)98-63(42(8)14-2)77(118)99-33-19-23-58(99)75(116)96-57(38-61(103)104)73(114)90-50(28-30-59(81)101)68(109)86-44(10)65(106)89-51(29-31-60(82)102)69(110)93-54(35-40(5)6)71(112)94-53(34-39(3)4)70(111)87-45(11)66(107)91-52(78(119)120)22-18-32-85-79(83)84/h15-17,20-21,24-27,39-46,50-58,62-63,100H,13-14,18-19,22-23,28-38,80H2,1-12H3,(H2,81,101)(H2,82,102)(H,86,109)(H,87,111)(H,88,117)(H,89,106)(H,90,114)(H,91,107)(H,92,108)(H,93,110)(H,94,112)(H,95,113)(H,96,116)(H,97,105)(H,98,115)(H,103,104)(H,119,120)(H4,83,84,85)/t41-,42-,43-,44-,45-,46-,50-,51-,52-,53-,54-,55-,56-,57-,58-,62-,63-/m0/s1. The Balaban J connectivity index is 1.90. The number of nitrogens with two attached hydrogens (primary N) is 4. The highest BCUT2D eigenvalue weighted by molar-refractivity contribution is 6.01. The van der Waals surface area contributed by atoms with Gasteiger partial charge in [0.2, 0.25) is 94.5 Å². The summed E-state index contributed by atoms with van der Waals surface area (Å²) in [7, 11) is 0. The van der Waals surface area contributed by atoms with Gasteiger partial charge < -0.3 is 118 Å². The van der Waals surface area contributed by atoms with Crippen molar-refractivity contribution in [1.82, 2.24) is 79.3 Å². The number of nitrogens with one attached hydrogen (secondary N) is 15. The lowest BCUT2D eigenvalue weighted by Crippen LogP contribution is -2.61. The average molecular weight is 1690 g/mol. The van der Waals surface area contributed by atoms with Crippen molar-refractivity contribution in [3.8, 4) is 5.75 Å². The van der Waals surface area contributed by atoms with Gasteiger partial charge in [-0.2, -0.15) is 0 Å². The van der Waals surface area contributed by atoms with Crippen LogP contribution in [-0.4, -0.2) is 236 Å². The number of carbonyl (C=O) groups excluding carboxylic acids is 16. The molecular formula is C79H124N20O21. The second-order valence-corrected chi connectivity index (χ2v) is 31.2. The number of hydrogen-bond acceptors (Lipinski definition) is 21. The van der Waals surface area contributed by atoms with Crippen LogP contribution in [-0.2, 0) is 99.1 Å². The SMILES string of the molecule is CC[C@H](C)[C@H](NC(=O)[C@H](C)N)C(=O)N[C@@H](C)C(=O)N[C@@H](Cc1ccc(O)cc1)C(=O)N[C@@H](Cc1ccccc1)C(=O)N[C@H](C(=O)N1CCC[C@H]1C(=O)N[C@@H](CC(=O)O)C(=O)N[C@@H](CCC(N)=O)C(=O)N[C@@H](C)C(=O)N[C@@H](CCC(N)=O)C(=O)N[C@@H](CC(C)C)C(=O)N[C@@H](CC(C)C)C(=O)N[C@@H](C)C(=O)N[C@@H](CCCNC(=N)N)C(=O)O)[C@@H](C)CC. The number of carboxylic acid groups (broad SMARTS) is 2. The molecule has 0 spiro atoms. The Morgan fingerprint density at radius 2 is 0.842 bits per heavy atom. The average Bonchev–Trinajstić information content (AvgIpc) is 1.66. The van der Waals surface area contributed by atoms with Gasteiger partial charge in [0.1, 0.15) is 90.3 Å². The minimum absolute atomic E-state index is 0.000500. The Kier molecular flexibility index (Phi) is 43.1. The van der Waals surface area contributed by atoms with E-state index in [4.69, 9.17) is 28.3 Å². The Bertz CT molecular complexity index is 3910. The number of benzene rings is 2. The molecular weight excluding hydrogens is 1560 g/mol. The Labute approximate surface area is 697 Å². The van der Waals surface area contributed by atoms with Crippen LogP contribution in [0.15, 0.2) is 54.6 Å². The molecule has 1 aliphatic rings. The molecule has 0 aliphatic carbocycles. The number of aromatic hydroxyl groups is 1. The number of primary amides is 2. The first-order valence-corrected chi connectivity index (χ1v) is 40.2. The molecule has 0 radical (unpaired) electrons. The van der Waals surface area contributed by atoms with Crippen molar-refractivity contribution in [2.24, 2.45) is 46.6 Å². The normalized spacial score (nSPS) is 16.4. The zero-order valence-electron chi connectivity index (χ0n) is 70.1. The maximum atomic E-state index is 15.0. The molecule has 41 nitrogen and oxygen atoms in total. The van der Waals surface area contributed by atoms with Crippen LogP contribution < -0.4 is 97.4 Å². The Hall–Kier alpha value is -12.1. The van der Waals surface area contributed by atoms with Crippen molar-refractivity contribution >= 4 is 112 Å². The number of nitrogens with zero attached hydrogens (tertiary/aromatic N) is 1. The van der Waals surface area contributed by atoms with E-state index in [0.29, 0.717) is 17.5 Å². The minimum Gasteiger partial charge on any atom is -0.508 e. The lowest BCUT2D eigenvalue weighted by atomic mass is 9.96. The summed E-state index contributed by atoms with van der Waals surface area (Å²) in [5.41, 5.74) is 22.9. The molecule has 0 aromatic heterocycles. The number of amides is 16. The van der Waals surface area contributed by atoms with Crippen LogP contribution in [0.3, 0.4) is 0 Å². The lowest BCUT2D eigenvalue weighted by Gasteiger charge is -2.33. The summed E-state index contributed by atoms with van der Waals surface area (Å²) in [6, 6.07) is -7.64. The zero-order valence-corrected chi connectivity index (χ0v) is 70.1. The monoisotopic (exact) mass is 1690 g/mol. The van der Waals surface area contributed by atoms with Crippen LogP contribution >= 0.6 is 0 Å². The fourth-order valence-corrected chi connectivity index (χ4v) is 12.6. The molecule has 3 rings (SSSR count). The molecule has 2 aromatic carbocycles. The van der Waals surface area contributed by atoms with E-state index in [1.165, 1.54) is 45.0 Å². The highest BCUT2D eigenvalue weighted by Crippen LogP contribution is 2.24. The maximum absolute atomic E-state index is 15.0. The van der Waals surface area contributed by atoms with Gasteiger partial charge in [-0.15, -0.1) is 0 Å². The van der Waals surface area contributed by atoms with E-state index >= 15 is 4.79 Å². The Morgan fingerprint density at radius 3 is 1.30 bits per heavy atom. The van der Waals surface area contributed by atoms with Gasteiger partial charge >= 0.3 is 11.9 Å². The first-order valence-electron chi connectivity index (χ1n) is 40.2. The van der Waals surface area contributed by atoms with Gasteiger partial charge in [-0.1, -0.05) is 111 Å². The molecule has 0 saturated carbocycles. The van der Waals surface area contributed by atoms with E-state index in [-0.39, 0.29) is 94.4 Å². The zero-order chi connectivity index (χ0) is 90.5. The van der Waals surface area contributed by atoms with Crippen molar-refractivity contribution < 1.29 is 102 Å². The molecule has 1 aliphatic heterocycles. The highest BCUT2D eigenvalue weighted by Gasteiger charge is 2.43. The molecule has 120 heavy (non-hydrogen) atoms. The first-order chi connectivity index (χ1) is 56.3. The molecule has 17 atom stereocenters. The van der Waals surface area contributed by atoms with Gasteiger partial charge in [-0.3, -0.25) is 86.9 Å². The number of phenolic OH excluding ortho intramolecular Hbond substituents is 1. The number of guanidine groups is 1. The van der Waals surface area contributed by atoms with Gasteiger partial charge in [0.25, 0.3) is 0 Å². The number of carboxylic acids is 2. The number of rotatable bonds is 52. The maximum Gasteiger partial charge on any atom is 0.326 e. The van der Waals surface area contributed by atoms with E-state index < -0.39 is 241 Å². The van der Waals surface area contributed by atoms with Crippen LogP contribution in [0.4, 0.5) is 0 Å². The molecule has 666 valence electrons. The highest BCUT2D eigenvalue weighted by atomic mass is 16.4. The van der Waals surface area contributed by atoms with E-state index in [1.807, 2.05) is 0 Å². The summed E-state index contributed by atoms with van der Waals surface area (Å²) in [5, 5.41) is 72.5. The topological polar surface area (TPSA) is 668 Å². The van der Waals surface area contributed by atoms with Crippen molar-refractivity contribution in [1.29, 1.82) is 5.41 Å². The van der Waals surface area contributed by atoms with Crippen molar-refractivity contribution in [3.63, 3.8) is 0 Å². The summed E-state index contributed by atoms with van der Waals surface area (Å²) < 4.78 is 0. The summed E-state index contributed by atoms with van der Waals surface area (Å²) in [4.78, 5) is 248. The molecule has 1 heterocycles. The van der Waals surface area contributed by atoms with Crippen molar-refractivity contribution in [3.05, 3.63) is 65.7 Å². The van der Waals surface area contributed by atoms with Gasteiger partial charge in [0.05, 0.1) is 12.5 Å². The molecule has 2 aromatic rings. The summed E-state index contributed by atoms with van der Waals surface area (Å²) >= 11 is 0. The number of aliphatic carboxylic acids is 2. The van der Waals surface area contributed by atoms with Crippen LogP contribution in [0.5, 0.6) is 5.75 Å². The van der Waals surface area contributed by atoms with E-state index in [1.54, 1.807) is 85.7 Å². The van der Waals surface area contributed by atoms with Gasteiger partial charge in [-0.05, 0) is 126 Å². The molecule has 16 amide bonds. The fourth-order valence-electron chi connectivity index (χ4n) is 12.6. The third-order valence-corrected chi connectivity index (χ3v) is 19.9. The third kappa shape index (κ3) is 35.6. The van der Waals surface area contributed by atoms with Gasteiger partial charge in [-0.25, -0.2) is 4.79 Å². The second-order valence-electron chi connectivity index (χ2n) is 31.2. The second kappa shape index (κ2) is 50.6. The van der Waals surface area contributed by atoms with E-state index in [9.17, 15) is 96.8 Å². The first kappa shape index (κ1) is 102. The van der Waals surface area contributed by atoms with Crippen LogP contribution in [0.2, 0.25) is 0 Å². The predicted octanol–water partition coefficient (Wildman–Crippen LogP) is -3.58. The predicted molar refractivity (Wildman–Crippen MR) is 436 cm³/mol. The summed E-state index contributed by atoms with van der Waals surface area (Å²) in [5.74, 6) is -20.1. The minimum atomic E-state index is -2.01. The quantitative estimate of drug-likeness (QED) is 0.0173. The van der Waals surface area contributed by atoms with E-state index in [2.05, 4.69) is 74.4 Å².